The maximum absolute atomic E-state index is 4.21. The monoisotopic (exact) mass is 260 g/mol. The van der Waals surface area contributed by atoms with Crippen LogP contribution in [0.3, 0.4) is 0 Å². The molecule has 0 amide bonds. The molecule has 0 aliphatic carbocycles. The molecule has 0 fully saturated rings. The van der Waals surface area contributed by atoms with Crippen molar-refractivity contribution in [3.05, 3.63) is 35.2 Å². The maximum Gasteiger partial charge on any atom is 0.206 e. The Bertz CT molecular complexity index is 673. The quantitative estimate of drug-likeness (QED) is 0.780. The van der Waals surface area contributed by atoms with Crippen molar-refractivity contribution in [3.8, 4) is 0 Å². The number of anilines is 1. The zero-order valence-corrected chi connectivity index (χ0v) is 10.8. The van der Waals surface area contributed by atoms with E-state index in [4.69, 9.17) is 0 Å². The van der Waals surface area contributed by atoms with Crippen LogP contribution in [0.15, 0.2) is 24.4 Å². The van der Waals surface area contributed by atoms with Crippen LogP contribution in [0.25, 0.3) is 5.65 Å². The molecule has 3 rings (SSSR count). The Hall–Kier alpha value is -2.02. The van der Waals surface area contributed by atoms with Crippen molar-refractivity contribution in [2.45, 2.75) is 19.9 Å². The molecule has 0 aromatic carbocycles. The Balaban J connectivity index is 1.90. The van der Waals surface area contributed by atoms with Crippen LogP contribution < -0.4 is 5.32 Å². The van der Waals surface area contributed by atoms with Crippen LogP contribution in [-0.4, -0.2) is 24.8 Å². The molecular formula is C11H12N6S. The lowest BCUT2D eigenvalue weighted by atomic mass is 10.3. The molecular weight excluding hydrogens is 248 g/mol. The van der Waals surface area contributed by atoms with Gasteiger partial charge in [0.25, 0.3) is 0 Å². The van der Waals surface area contributed by atoms with Gasteiger partial charge in [-0.15, -0.1) is 20.4 Å². The number of aromatic nitrogens is 5. The Morgan fingerprint density at radius 1 is 1.22 bits per heavy atom. The minimum absolute atomic E-state index is 0.0229. The molecule has 0 aliphatic heterocycles. The summed E-state index contributed by atoms with van der Waals surface area (Å²) in [4.78, 5) is 0. The summed E-state index contributed by atoms with van der Waals surface area (Å²) in [6, 6.07) is 5.86. The van der Waals surface area contributed by atoms with E-state index >= 15 is 0 Å². The van der Waals surface area contributed by atoms with Gasteiger partial charge in [0, 0.05) is 6.20 Å². The number of nitrogens with one attached hydrogen (secondary N) is 1. The molecule has 1 unspecified atom stereocenters. The second kappa shape index (κ2) is 4.34. The predicted molar refractivity (Wildman–Crippen MR) is 69.7 cm³/mol. The van der Waals surface area contributed by atoms with E-state index in [2.05, 4.69) is 25.7 Å². The van der Waals surface area contributed by atoms with E-state index in [0.29, 0.717) is 0 Å². The van der Waals surface area contributed by atoms with Gasteiger partial charge in [-0.3, -0.25) is 4.40 Å². The predicted octanol–water partition coefficient (Wildman–Crippen LogP) is 2.06. The summed E-state index contributed by atoms with van der Waals surface area (Å²) in [6.07, 6.45) is 1.95. The highest BCUT2D eigenvalue weighted by atomic mass is 32.1. The van der Waals surface area contributed by atoms with Crippen molar-refractivity contribution in [3.63, 3.8) is 0 Å². The first-order chi connectivity index (χ1) is 8.74. The molecule has 0 saturated heterocycles. The highest BCUT2D eigenvalue weighted by Crippen LogP contribution is 2.21. The summed E-state index contributed by atoms with van der Waals surface area (Å²) < 4.78 is 1.96. The zero-order valence-electron chi connectivity index (χ0n) is 10.0. The number of aryl methyl sites for hydroxylation is 1. The second-order valence-corrected chi connectivity index (χ2v) is 5.16. The van der Waals surface area contributed by atoms with Crippen LogP contribution in [0.5, 0.6) is 0 Å². The van der Waals surface area contributed by atoms with Gasteiger partial charge in [-0.1, -0.05) is 17.4 Å². The van der Waals surface area contributed by atoms with Gasteiger partial charge >= 0.3 is 0 Å². The van der Waals surface area contributed by atoms with Crippen molar-refractivity contribution in [1.29, 1.82) is 0 Å². The zero-order chi connectivity index (χ0) is 12.5. The number of hydrogen-bond acceptors (Lipinski definition) is 6. The van der Waals surface area contributed by atoms with Gasteiger partial charge in [0.2, 0.25) is 5.13 Å². The number of hydrogen-bond donors (Lipinski definition) is 1. The Labute approximate surface area is 108 Å². The summed E-state index contributed by atoms with van der Waals surface area (Å²) in [5.41, 5.74) is 0.842. The molecule has 6 nitrogen and oxygen atoms in total. The summed E-state index contributed by atoms with van der Waals surface area (Å²) in [6.45, 7) is 3.96. The first-order valence-electron chi connectivity index (χ1n) is 5.60. The number of rotatable bonds is 3. The van der Waals surface area contributed by atoms with Crippen molar-refractivity contribution >= 4 is 22.1 Å². The van der Waals surface area contributed by atoms with Gasteiger partial charge in [0.05, 0.1) is 6.04 Å². The third-order valence-electron chi connectivity index (χ3n) is 2.59. The van der Waals surface area contributed by atoms with Gasteiger partial charge in [-0.25, -0.2) is 0 Å². The molecule has 0 bridgehead atoms. The van der Waals surface area contributed by atoms with E-state index in [-0.39, 0.29) is 6.04 Å². The molecule has 7 heteroatoms. The topological polar surface area (TPSA) is 68.0 Å². The number of nitrogens with zero attached hydrogens (tertiary/aromatic N) is 5. The number of pyridine rings is 1. The molecule has 3 aromatic heterocycles. The molecule has 3 aromatic rings. The second-order valence-electron chi connectivity index (χ2n) is 3.98. The maximum atomic E-state index is 4.21. The third-order valence-corrected chi connectivity index (χ3v) is 3.36. The first-order valence-corrected chi connectivity index (χ1v) is 6.42. The molecule has 18 heavy (non-hydrogen) atoms. The van der Waals surface area contributed by atoms with Crippen molar-refractivity contribution in [1.82, 2.24) is 24.8 Å². The van der Waals surface area contributed by atoms with E-state index in [1.807, 2.05) is 42.6 Å². The van der Waals surface area contributed by atoms with Crippen LogP contribution in [0.2, 0.25) is 0 Å². The SMILES string of the molecule is Cc1nnc(NC(C)c2nnc3ccccn23)s1. The standard InChI is InChI=1S/C11H12N6S/c1-7(12-11-16-13-8(2)18-11)10-15-14-9-5-3-4-6-17(9)10/h3-7H,1-2H3,(H,12,16). The van der Waals surface area contributed by atoms with E-state index < -0.39 is 0 Å². The minimum atomic E-state index is 0.0229. The lowest BCUT2D eigenvalue weighted by Crippen LogP contribution is -2.10. The van der Waals surface area contributed by atoms with Crippen molar-refractivity contribution in [2.75, 3.05) is 5.32 Å². The number of fused-ring (bicyclic) bond motifs is 1. The average Bonchev–Trinajstić information content (AvgIpc) is 2.95. The van der Waals surface area contributed by atoms with E-state index in [1.165, 1.54) is 11.3 Å². The highest BCUT2D eigenvalue weighted by Gasteiger charge is 2.14. The van der Waals surface area contributed by atoms with Crippen LogP contribution in [0.1, 0.15) is 23.8 Å². The molecule has 92 valence electrons. The van der Waals surface area contributed by atoms with Crippen LogP contribution in [0, 0.1) is 6.92 Å². The van der Waals surface area contributed by atoms with Crippen LogP contribution >= 0.6 is 11.3 Å². The Morgan fingerprint density at radius 3 is 2.89 bits per heavy atom. The molecule has 1 atom stereocenters. The van der Waals surface area contributed by atoms with Crippen LogP contribution in [0.4, 0.5) is 5.13 Å². The average molecular weight is 260 g/mol. The molecule has 0 radical (unpaired) electrons. The van der Waals surface area contributed by atoms with Gasteiger partial charge in [-0.2, -0.15) is 0 Å². The Kier molecular flexibility index (Phi) is 2.67. The summed E-state index contributed by atoms with van der Waals surface area (Å²) >= 11 is 1.53. The smallest absolute Gasteiger partial charge is 0.206 e. The van der Waals surface area contributed by atoms with Gasteiger partial charge in [0.15, 0.2) is 11.5 Å². The molecule has 0 spiro atoms. The van der Waals surface area contributed by atoms with Crippen molar-refractivity contribution in [2.24, 2.45) is 0 Å². The summed E-state index contributed by atoms with van der Waals surface area (Å²) in [7, 11) is 0. The largest absolute Gasteiger partial charge is 0.350 e. The Morgan fingerprint density at radius 2 is 2.11 bits per heavy atom. The minimum Gasteiger partial charge on any atom is -0.350 e. The fourth-order valence-electron chi connectivity index (χ4n) is 1.76. The van der Waals surface area contributed by atoms with E-state index in [1.54, 1.807) is 0 Å². The summed E-state index contributed by atoms with van der Waals surface area (Å²) in [5.74, 6) is 0.860. The van der Waals surface area contributed by atoms with E-state index in [9.17, 15) is 0 Å². The molecule has 3 heterocycles. The lowest BCUT2D eigenvalue weighted by molar-refractivity contribution is 0.769. The molecule has 0 saturated carbocycles. The van der Waals surface area contributed by atoms with Gasteiger partial charge < -0.3 is 5.32 Å². The lowest BCUT2D eigenvalue weighted by Gasteiger charge is -2.10. The first kappa shape index (κ1) is 11.1. The summed E-state index contributed by atoms with van der Waals surface area (Å²) in [5, 5.41) is 21.4. The van der Waals surface area contributed by atoms with Gasteiger partial charge in [0.1, 0.15) is 5.01 Å². The molecule has 1 N–H and O–H groups in total. The highest BCUT2D eigenvalue weighted by molar-refractivity contribution is 7.15. The van der Waals surface area contributed by atoms with E-state index in [0.717, 1.165) is 21.6 Å². The molecule has 0 aliphatic rings. The van der Waals surface area contributed by atoms with Crippen molar-refractivity contribution < 1.29 is 0 Å². The van der Waals surface area contributed by atoms with Crippen LogP contribution in [-0.2, 0) is 0 Å². The third kappa shape index (κ3) is 1.92. The normalized spacial score (nSPS) is 12.8. The van der Waals surface area contributed by atoms with Gasteiger partial charge in [-0.05, 0) is 26.0 Å². The fraction of sp³-hybridized carbons (Fsp3) is 0.273. The fourth-order valence-corrected chi connectivity index (χ4v) is 2.44.